The molecular formula is C16H19N3O3S. The average molecular weight is 333 g/mol. The van der Waals surface area contributed by atoms with Gasteiger partial charge in [-0.2, -0.15) is 0 Å². The summed E-state index contributed by atoms with van der Waals surface area (Å²) in [5.74, 6) is -0.343. The van der Waals surface area contributed by atoms with Crippen molar-refractivity contribution in [1.29, 1.82) is 0 Å². The normalized spacial score (nSPS) is 12.0. The van der Waals surface area contributed by atoms with E-state index in [0.717, 1.165) is 11.1 Å². The van der Waals surface area contributed by atoms with Gasteiger partial charge in [0.2, 0.25) is 0 Å². The Morgan fingerprint density at radius 2 is 1.91 bits per heavy atom. The highest BCUT2D eigenvalue weighted by Crippen LogP contribution is 2.21. The van der Waals surface area contributed by atoms with Gasteiger partial charge in [-0.25, -0.2) is 18.5 Å². The van der Waals surface area contributed by atoms with Crippen LogP contribution in [-0.4, -0.2) is 19.3 Å². The van der Waals surface area contributed by atoms with Gasteiger partial charge in [-0.1, -0.05) is 29.8 Å². The second-order valence-electron chi connectivity index (χ2n) is 5.88. The third kappa shape index (κ3) is 4.14. The summed E-state index contributed by atoms with van der Waals surface area (Å²) in [6, 6.07) is 10.5. The smallest absolute Gasteiger partial charge is 0.255 e. The lowest BCUT2D eigenvalue weighted by molar-refractivity contribution is 0.0911. The number of primary sulfonamides is 1. The van der Waals surface area contributed by atoms with Crippen LogP contribution in [0.2, 0.25) is 0 Å². The zero-order valence-corrected chi connectivity index (χ0v) is 14.0. The number of sulfonamides is 1. The van der Waals surface area contributed by atoms with Crippen molar-refractivity contribution in [3.8, 4) is 0 Å². The van der Waals surface area contributed by atoms with Crippen LogP contribution in [0.4, 0.5) is 0 Å². The molecule has 3 N–H and O–H groups in total. The summed E-state index contributed by atoms with van der Waals surface area (Å²) in [6.45, 7) is 5.77. The van der Waals surface area contributed by atoms with Gasteiger partial charge in [-0.3, -0.25) is 4.79 Å². The summed E-state index contributed by atoms with van der Waals surface area (Å²) >= 11 is 0. The predicted molar refractivity (Wildman–Crippen MR) is 87.3 cm³/mol. The first-order valence-electron chi connectivity index (χ1n) is 6.98. The molecule has 0 fully saturated rings. The molecule has 1 heterocycles. The topological polar surface area (TPSA) is 102 Å². The molecule has 1 amide bonds. The number of nitrogens with two attached hydrogens (primary N) is 1. The standard InChI is InChI=1S/C16H19N3O3S/c1-11-5-4-6-13(9-11)16(2,3)19-15(20)12-7-8-14(18-10-12)23(17,21)22/h4-10H,1-3H3,(H,19,20)(H2,17,21,22). The number of amides is 1. The fourth-order valence-corrected chi connectivity index (χ4v) is 2.60. The van der Waals surface area contributed by atoms with Gasteiger partial charge in [0.15, 0.2) is 5.03 Å². The van der Waals surface area contributed by atoms with E-state index in [0.29, 0.717) is 0 Å². The monoisotopic (exact) mass is 333 g/mol. The predicted octanol–water partition coefficient (Wildman–Crippen LogP) is 1.70. The van der Waals surface area contributed by atoms with Gasteiger partial charge in [0.25, 0.3) is 15.9 Å². The third-order valence-electron chi connectivity index (χ3n) is 3.46. The van der Waals surface area contributed by atoms with Crippen molar-refractivity contribution >= 4 is 15.9 Å². The van der Waals surface area contributed by atoms with Crippen LogP contribution in [0.15, 0.2) is 47.6 Å². The number of hydrogen-bond acceptors (Lipinski definition) is 4. The minimum Gasteiger partial charge on any atom is -0.343 e. The Balaban J connectivity index is 2.21. The van der Waals surface area contributed by atoms with Gasteiger partial charge in [0.1, 0.15) is 0 Å². The highest BCUT2D eigenvalue weighted by Gasteiger charge is 2.24. The van der Waals surface area contributed by atoms with E-state index in [9.17, 15) is 13.2 Å². The number of benzene rings is 1. The molecule has 7 heteroatoms. The number of hydrogen-bond donors (Lipinski definition) is 2. The Labute approximate surface area is 135 Å². The third-order valence-corrected chi connectivity index (χ3v) is 4.28. The maximum absolute atomic E-state index is 12.3. The summed E-state index contributed by atoms with van der Waals surface area (Å²) in [6.07, 6.45) is 1.20. The first-order chi connectivity index (χ1) is 10.6. The number of rotatable bonds is 4. The van der Waals surface area contributed by atoms with Gasteiger partial charge in [-0.05, 0) is 38.5 Å². The second kappa shape index (κ2) is 6.10. The van der Waals surface area contributed by atoms with Crippen LogP contribution in [0.3, 0.4) is 0 Å². The molecule has 2 aromatic rings. The summed E-state index contributed by atoms with van der Waals surface area (Å²) < 4.78 is 22.3. The molecule has 1 aromatic heterocycles. The van der Waals surface area contributed by atoms with Crippen molar-refractivity contribution in [3.05, 3.63) is 59.3 Å². The van der Waals surface area contributed by atoms with Crippen LogP contribution in [0.1, 0.15) is 35.3 Å². The molecule has 0 radical (unpaired) electrons. The fraction of sp³-hybridized carbons (Fsp3) is 0.250. The van der Waals surface area contributed by atoms with Crippen molar-refractivity contribution in [2.24, 2.45) is 5.14 Å². The number of aromatic nitrogens is 1. The number of aryl methyl sites for hydroxylation is 1. The van der Waals surface area contributed by atoms with E-state index in [2.05, 4.69) is 10.3 Å². The van der Waals surface area contributed by atoms with E-state index >= 15 is 0 Å². The Bertz CT molecular complexity index is 828. The average Bonchev–Trinajstić information content (AvgIpc) is 2.46. The maximum atomic E-state index is 12.3. The summed E-state index contributed by atoms with van der Waals surface area (Å²) in [7, 11) is -3.87. The van der Waals surface area contributed by atoms with Gasteiger partial charge in [0, 0.05) is 6.20 Å². The first kappa shape index (κ1) is 17.1. The summed E-state index contributed by atoms with van der Waals surface area (Å²) in [5.41, 5.74) is 1.75. The lowest BCUT2D eigenvalue weighted by Gasteiger charge is -2.27. The van der Waals surface area contributed by atoms with E-state index < -0.39 is 15.6 Å². The number of nitrogens with zero attached hydrogens (tertiary/aromatic N) is 1. The number of nitrogens with one attached hydrogen (secondary N) is 1. The van der Waals surface area contributed by atoms with Crippen molar-refractivity contribution in [3.63, 3.8) is 0 Å². The molecule has 2 rings (SSSR count). The highest BCUT2D eigenvalue weighted by molar-refractivity contribution is 7.89. The quantitative estimate of drug-likeness (QED) is 0.889. The molecule has 0 aliphatic heterocycles. The van der Waals surface area contributed by atoms with Crippen LogP contribution in [0, 0.1) is 6.92 Å². The molecule has 0 bridgehead atoms. The summed E-state index contributed by atoms with van der Waals surface area (Å²) in [5, 5.41) is 7.63. The van der Waals surface area contributed by atoms with E-state index in [1.165, 1.54) is 18.3 Å². The number of carbonyl (C=O) groups excluding carboxylic acids is 1. The Kier molecular flexibility index (Phi) is 4.53. The lowest BCUT2D eigenvalue weighted by atomic mass is 9.92. The molecule has 0 aliphatic carbocycles. The zero-order chi connectivity index (χ0) is 17.3. The van der Waals surface area contributed by atoms with Crippen LogP contribution in [-0.2, 0) is 15.6 Å². The number of carbonyl (C=O) groups is 1. The van der Waals surface area contributed by atoms with E-state index in [1.54, 1.807) is 0 Å². The van der Waals surface area contributed by atoms with Crippen molar-refractivity contribution in [2.45, 2.75) is 31.3 Å². The van der Waals surface area contributed by atoms with Gasteiger partial charge in [0.05, 0.1) is 11.1 Å². The molecule has 0 atom stereocenters. The maximum Gasteiger partial charge on any atom is 0.255 e. The molecule has 1 aromatic carbocycles. The zero-order valence-electron chi connectivity index (χ0n) is 13.2. The highest BCUT2D eigenvalue weighted by atomic mass is 32.2. The lowest BCUT2D eigenvalue weighted by Crippen LogP contribution is -2.41. The van der Waals surface area contributed by atoms with Crippen LogP contribution >= 0.6 is 0 Å². The molecule has 0 saturated carbocycles. The van der Waals surface area contributed by atoms with E-state index in [4.69, 9.17) is 5.14 Å². The molecule has 122 valence electrons. The van der Waals surface area contributed by atoms with Crippen LogP contribution in [0.5, 0.6) is 0 Å². The van der Waals surface area contributed by atoms with Crippen molar-refractivity contribution in [2.75, 3.05) is 0 Å². The number of pyridine rings is 1. The molecule has 6 nitrogen and oxygen atoms in total. The van der Waals surface area contributed by atoms with Crippen LogP contribution in [0.25, 0.3) is 0 Å². The van der Waals surface area contributed by atoms with Gasteiger partial charge < -0.3 is 5.32 Å². The van der Waals surface area contributed by atoms with Crippen LogP contribution < -0.4 is 10.5 Å². The van der Waals surface area contributed by atoms with E-state index in [1.807, 2.05) is 45.0 Å². The SMILES string of the molecule is Cc1cccc(C(C)(C)NC(=O)c2ccc(S(N)(=O)=O)nc2)c1. The minimum absolute atomic E-state index is 0.262. The largest absolute Gasteiger partial charge is 0.343 e. The molecule has 23 heavy (non-hydrogen) atoms. The van der Waals surface area contributed by atoms with Crippen molar-refractivity contribution in [1.82, 2.24) is 10.3 Å². The molecule has 0 unspecified atom stereocenters. The minimum atomic E-state index is -3.87. The molecule has 0 saturated heterocycles. The Morgan fingerprint density at radius 1 is 1.22 bits per heavy atom. The van der Waals surface area contributed by atoms with Gasteiger partial charge >= 0.3 is 0 Å². The second-order valence-corrected chi connectivity index (χ2v) is 7.39. The molecule has 0 spiro atoms. The Morgan fingerprint density at radius 3 is 2.43 bits per heavy atom. The fourth-order valence-electron chi connectivity index (χ4n) is 2.14. The first-order valence-corrected chi connectivity index (χ1v) is 8.53. The van der Waals surface area contributed by atoms with Gasteiger partial charge in [-0.15, -0.1) is 0 Å². The summed E-state index contributed by atoms with van der Waals surface area (Å²) in [4.78, 5) is 16.1. The van der Waals surface area contributed by atoms with Crippen molar-refractivity contribution < 1.29 is 13.2 Å². The Hall–Kier alpha value is -2.25. The van der Waals surface area contributed by atoms with E-state index in [-0.39, 0.29) is 16.5 Å². The molecular weight excluding hydrogens is 314 g/mol. The molecule has 0 aliphatic rings.